The minimum atomic E-state index is -0.344. The van der Waals surface area contributed by atoms with Gasteiger partial charge in [0.2, 0.25) is 5.91 Å². The second kappa shape index (κ2) is 8.46. The van der Waals surface area contributed by atoms with Crippen LogP contribution in [0.2, 0.25) is 0 Å². The first-order chi connectivity index (χ1) is 14.5. The molecular formula is C22H19FN4O2S. The van der Waals surface area contributed by atoms with Crippen molar-refractivity contribution in [3.63, 3.8) is 0 Å². The topological polar surface area (TPSA) is 86.9 Å². The monoisotopic (exact) mass is 422 g/mol. The van der Waals surface area contributed by atoms with Crippen molar-refractivity contribution >= 4 is 39.2 Å². The van der Waals surface area contributed by atoms with Crippen molar-refractivity contribution in [3.8, 4) is 0 Å². The van der Waals surface area contributed by atoms with Crippen LogP contribution in [0.15, 0.2) is 54.6 Å². The van der Waals surface area contributed by atoms with E-state index in [0.29, 0.717) is 26.5 Å². The van der Waals surface area contributed by atoms with Gasteiger partial charge >= 0.3 is 0 Å². The molecule has 4 aromatic rings. The summed E-state index contributed by atoms with van der Waals surface area (Å²) in [6, 6.07) is 15.5. The number of aromatic amines is 1. The molecule has 0 spiro atoms. The third-order valence-corrected chi connectivity index (χ3v) is 5.57. The number of aromatic nitrogens is 2. The predicted octanol–water partition coefficient (Wildman–Crippen LogP) is 4.18. The predicted molar refractivity (Wildman–Crippen MR) is 115 cm³/mol. The van der Waals surface area contributed by atoms with Gasteiger partial charge in [-0.1, -0.05) is 42.0 Å². The van der Waals surface area contributed by atoms with Gasteiger partial charge in [-0.15, -0.1) is 11.3 Å². The lowest BCUT2D eigenvalue weighted by Gasteiger charge is -2.04. The van der Waals surface area contributed by atoms with Crippen molar-refractivity contribution in [1.29, 1.82) is 0 Å². The zero-order valence-electron chi connectivity index (χ0n) is 16.2. The van der Waals surface area contributed by atoms with E-state index in [1.807, 2.05) is 31.2 Å². The van der Waals surface area contributed by atoms with Crippen molar-refractivity contribution in [2.45, 2.75) is 19.9 Å². The molecule has 0 aliphatic carbocycles. The number of nitrogens with one attached hydrogen (secondary N) is 3. The van der Waals surface area contributed by atoms with Crippen molar-refractivity contribution in [3.05, 3.63) is 82.0 Å². The first kappa shape index (κ1) is 19.8. The maximum absolute atomic E-state index is 13.3. The van der Waals surface area contributed by atoms with Crippen molar-refractivity contribution in [2.75, 3.05) is 5.32 Å². The second-order valence-corrected chi connectivity index (χ2v) is 8.00. The Morgan fingerprint density at radius 3 is 2.70 bits per heavy atom. The summed E-state index contributed by atoms with van der Waals surface area (Å²) in [5.74, 6) is -0.408. The molecule has 4 rings (SSSR count). The van der Waals surface area contributed by atoms with E-state index in [2.05, 4.69) is 20.8 Å². The quantitative estimate of drug-likeness (QED) is 0.436. The van der Waals surface area contributed by atoms with Gasteiger partial charge in [-0.3, -0.25) is 14.7 Å². The largest absolute Gasteiger partial charge is 0.347 e. The number of nitrogens with zero attached hydrogens (tertiary/aromatic N) is 1. The highest BCUT2D eigenvalue weighted by Crippen LogP contribution is 2.29. The minimum Gasteiger partial charge on any atom is -0.347 e. The van der Waals surface area contributed by atoms with Gasteiger partial charge in [-0.2, -0.15) is 5.10 Å². The van der Waals surface area contributed by atoms with Crippen LogP contribution in [0.1, 0.15) is 26.4 Å². The average Bonchev–Trinajstić information content (AvgIpc) is 3.28. The van der Waals surface area contributed by atoms with Crippen LogP contribution in [-0.2, 0) is 17.8 Å². The van der Waals surface area contributed by atoms with E-state index in [-0.39, 0.29) is 30.6 Å². The first-order valence-electron chi connectivity index (χ1n) is 9.34. The summed E-state index contributed by atoms with van der Waals surface area (Å²) in [6.45, 7) is 2.20. The highest BCUT2D eigenvalue weighted by molar-refractivity contribution is 7.20. The molecule has 0 aliphatic heterocycles. The Morgan fingerprint density at radius 1 is 1.10 bits per heavy atom. The Morgan fingerprint density at radius 2 is 1.90 bits per heavy atom. The fraction of sp³-hybridized carbons (Fsp3) is 0.136. The summed E-state index contributed by atoms with van der Waals surface area (Å²) < 4.78 is 13.3. The van der Waals surface area contributed by atoms with Gasteiger partial charge in [0.15, 0.2) is 5.82 Å². The number of thiophene rings is 1. The number of hydrogen-bond donors (Lipinski definition) is 3. The molecule has 0 unspecified atom stereocenters. The molecule has 0 saturated heterocycles. The summed E-state index contributed by atoms with van der Waals surface area (Å²) in [7, 11) is 0. The number of halogens is 1. The van der Waals surface area contributed by atoms with Crippen LogP contribution in [0, 0.1) is 12.7 Å². The van der Waals surface area contributed by atoms with E-state index in [1.165, 1.54) is 23.5 Å². The molecule has 2 aromatic heterocycles. The number of amides is 2. The Bertz CT molecular complexity index is 1230. The molecule has 6 nitrogen and oxygen atoms in total. The number of hydrogen-bond acceptors (Lipinski definition) is 4. The standard InChI is InChI=1S/C22H19FN4O2S/c1-13-4-2-5-14(8-13)10-19(28)25-20-17-11-18(30-22(17)27-26-20)21(29)24-12-15-6-3-7-16(23)9-15/h2-9,11H,10,12H2,1H3,(H,24,29)(H2,25,26,27,28). The van der Waals surface area contributed by atoms with E-state index in [9.17, 15) is 14.0 Å². The molecule has 8 heteroatoms. The van der Waals surface area contributed by atoms with Crippen molar-refractivity contribution in [1.82, 2.24) is 15.5 Å². The van der Waals surface area contributed by atoms with E-state index in [1.54, 1.807) is 18.2 Å². The summed E-state index contributed by atoms with van der Waals surface area (Å²) in [5, 5.41) is 13.2. The lowest BCUT2D eigenvalue weighted by Crippen LogP contribution is -2.21. The molecule has 0 fully saturated rings. The van der Waals surface area contributed by atoms with Crippen LogP contribution < -0.4 is 10.6 Å². The molecule has 2 amide bonds. The number of benzene rings is 2. The SMILES string of the molecule is Cc1cccc(CC(=O)Nc2n[nH]c3sc(C(=O)NCc4cccc(F)c4)cc23)c1. The number of fused-ring (bicyclic) bond motifs is 1. The Labute approximate surface area is 176 Å². The molecule has 2 aromatic carbocycles. The van der Waals surface area contributed by atoms with Crippen LogP contribution in [0.25, 0.3) is 10.2 Å². The van der Waals surface area contributed by atoms with E-state index < -0.39 is 0 Å². The van der Waals surface area contributed by atoms with Crippen LogP contribution in [0.4, 0.5) is 10.2 Å². The smallest absolute Gasteiger partial charge is 0.261 e. The number of H-pyrrole nitrogens is 1. The van der Waals surface area contributed by atoms with Crippen LogP contribution in [0.5, 0.6) is 0 Å². The van der Waals surface area contributed by atoms with Crippen molar-refractivity contribution in [2.24, 2.45) is 0 Å². The Balaban J connectivity index is 1.42. The molecule has 0 bridgehead atoms. The molecule has 0 radical (unpaired) electrons. The maximum atomic E-state index is 13.3. The minimum absolute atomic E-state index is 0.183. The Kier molecular flexibility index (Phi) is 5.58. The highest BCUT2D eigenvalue weighted by atomic mass is 32.1. The van der Waals surface area contributed by atoms with Gasteiger partial charge in [0, 0.05) is 6.54 Å². The zero-order valence-corrected chi connectivity index (χ0v) is 17.0. The van der Waals surface area contributed by atoms with E-state index >= 15 is 0 Å². The summed E-state index contributed by atoms with van der Waals surface area (Å²) in [4.78, 5) is 26.0. The molecule has 152 valence electrons. The van der Waals surface area contributed by atoms with Gasteiger partial charge in [-0.25, -0.2) is 4.39 Å². The highest BCUT2D eigenvalue weighted by Gasteiger charge is 2.16. The van der Waals surface area contributed by atoms with Crippen LogP contribution in [-0.4, -0.2) is 22.0 Å². The summed E-state index contributed by atoms with van der Waals surface area (Å²) in [6.07, 6.45) is 0.237. The number of carbonyl (C=O) groups is 2. The van der Waals surface area contributed by atoms with Crippen LogP contribution in [0.3, 0.4) is 0 Å². The van der Waals surface area contributed by atoms with Gasteiger partial charge < -0.3 is 10.6 Å². The van der Waals surface area contributed by atoms with Gasteiger partial charge in [0.05, 0.1) is 16.7 Å². The molecule has 30 heavy (non-hydrogen) atoms. The average molecular weight is 422 g/mol. The van der Waals surface area contributed by atoms with Crippen LogP contribution >= 0.6 is 11.3 Å². The summed E-state index contributed by atoms with van der Waals surface area (Å²) in [5.41, 5.74) is 2.69. The lowest BCUT2D eigenvalue weighted by atomic mass is 10.1. The third kappa shape index (κ3) is 4.55. The normalized spacial score (nSPS) is 10.9. The van der Waals surface area contributed by atoms with E-state index in [0.717, 1.165) is 11.1 Å². The van der Waals surface area contributed by atoms with Gasteiger partial charge in [0.25, 0.3) is 5.91 Å². The third-order valence-electron chi connectivity index (χ3n) is 4.53. The summed E-state index contributed by atoms with van der Waals surface area (Å²) >= 11 is 1.24. The number of carbonyl (C=O) groups excluding carboxylic acids is 2. The maximum Gasteiger partial charge on any atom is 0.261 e. The fourth-order valence-electron chi connectivity index (χ4n) is 3.12. The van der Waals surface area contributed by atoms with Gasteiger partial charge in [-0.05, 0) is 36.2 Å². The fourth-order valence-corrected chi connectivity index (χ4v) is 4.04. The molecule has 0 saturated carbocycles. The molecule has 3 N–H and O–H groups in total. The second-order valence-electron chi connectivity index (χ2n) is 6.95. The molecular weight excluding hydrogens is 403 g/mol. The lowest BCUT2D eigenvalue weighted by molar-refractivity contribution is -0.115. The number of rotatable bonds is 6. The zero-order chi connectivity index (χ0) is 21.1. The van der Waals surface area contributed by atoms with Crippen molar-refractivity contribution < 1.29 is 14.0 Å². The molecule has 0 atom stereocenters. The van der Waals surface area contributed by atoms with E-state index in [4.69, 9.17) is 0 Å². The molecule has 0 aliphatic rings. The number of anilines is 1. The number of aryl methyl sites for hydroxylation is 1. The first-order valence-corrected chi connectivity index (χ1v) is 10.2. The van der Waals surface area contributed by atoms with Gasteiger partial charge in [0.1, 0.15) is 10.6 Å². The Hall–Kier alpha value is -3.52. The molecule has 2 heterocycles.